The Morgan fingerprint density at radius 3 is 2.50 bits per heavy atom. The highest BCUT2D eigenvalue weighted by molar-refractivity contribution is 5.83. The summed E-state index contributed by atoms with van der Waals surface area (Å²) in [5, 5.41) is 2.26. The van der Waals surface area contributed by atoms with Gasteiger partial charge >= 0.3 is 5.97 Å². The SMILES string of the molecule is COC(=O)C(C)C(C)(c1ccccc1Oc1ccc2ccccc2c1)n1ccnc1. The van der Waals surface area contributed by atoms with E-state index >= 15 is 0 Å². The van der Waals surface area contributed by atoms with E-state index in [-0.39, 0.29) is 5.97 Å². The van der Waals surface area contributed by atoms with Gasteiger partial charge in [0.2, 0.25) is 0 Å². The second kappa shape index (κ2) is 8.03. The van der Waals surface area contributed by atoms with E-state index in [1.165, 1.54) is 7.11 Å². The molecule has 5 nitrogen and oxygen atoms in total. The molecular formula is C25H24N2O3. The minimum absolute atomic E-state index is 0.299. The lowest BCUT2D eigenvalue weighted by Crippen LogP contribution is -2.42. The number of carbonyl (C=O) groups is 1. The van der Waals surface area contributed by atoms with Crippen molar-refractivity contribution in [1.82, 2.24) is 9.55 Å². The number of para-hydroxylation sites is 1. The average Bonchev–Trinajstić information content (AvgIpc) is 3.33. The van der Waals surface area contributed by atoms with Crippen LogP contribution in [0.1, 0.15) is 19.4 Å². The number of fused-ring (bicyclic) bond motifs is 1. The van der Waals surface area contributed by atoms with Gasteiger partial charge in [-0.1, -0.05) is 48.5 Å². The Hall–Kier alpha value is -3.60. The number of hydrogen-bond acceptors (Lipinski definition) is 4. The molecule has 2 atom stereocenters. The van der Waals surface area contributed by atoms with Crippen LogP contribution in [0.25, 0.3) is 10.8 Å². The standard InChI is InChI=1S/C25H24N2O3/c1-18(24(28)29-3)25(2,27-15-14-26-17-27)22-10-6-7-11-23(22)30-21-13-12-19-8-4-5-9-20(19)16-21/h4-18H,1-3H3. The van der Waals surface area contributed by atoms with Crippen LogP contribution >= 0.6 is 0 Å². The molecule has 0 aliphatic heterocycles. The van der Waals surface area contributed by atoms with E-state index in [0.717, 1.165) is 22.1 Å². The third kappa shape index (κ3) is 3.43. The Morgan fingerprint density at radius 2 is 1.77 bits per heavy atom. The molecule has 5 heteroatoms. The zero-order valence-electron chi connectivity index (χ0n) is 17.3. The maximum absolute atomic E-state index is 12.5. The van der Waals surface area contributed by atoms with Gasteiger partial charge in [-0.3, -0.25) is 4.79 Å². The smallest absolute Gasteiger partial charge is 0.311 e. The highest BCUT2D eigenvalue weighted by atomic mass is 16.5. The van der Waals surface area contributed by atoms with E-state index in [2.05, 4.69) is 17.1 Å². The number of nitrogens with zero attached hydrogens (tertiary/aromatic N) is 2. The Labute approximate surface area is 175 Å². The van der Waals surface area contributed by atoms with Gasteiger partial charge in [0.1, 0.15) is 11.5 Å². The maximum atomic E-state index is 12.5. The molecule has 0 spiro atoms. The summed E-state index contributed by atoms with van der Waals surface area (Å²) in [6.45, 7) is 3.86. The molecule has 0 saturated heterocycles. The van der Waals surface area contributed by atoms with Gasteiger partial charge in [-0.05, 0) is 42.8 Å². The number of aromatic nitrogens is 2. The molecule has 0 aliphatic rings. The summed E-state index contributed by atoms with van der Waals surface area (Å²) in [7, 11) is 1.41. The summed E-state index contributed by atoms with van der Waals surface area (Å²) >= 11 is 0. The van der Waals surface area contributed by atoms with E-state index in [1.54, 1.807) is 12.5 Å². The molecule has 0 saturated carbocycles. The highest BCUT2D eigenvalue weighted by Gasteiger charge is 2.41. The summed E-state index contributed by atoms with van der Waals surface area (Å²) in [5.41, 5.74) is 0.117. The molecule has 0 fully saturated rings. The van der Waals surface area contributed by atoms with Gasteiger partial charge in [0.25, 0.3) is 0 Å². The van der Waals surface area contributed by atoms with E-state index in [0.29, 0.717) is 5.75 Å². The molecule has 4 rings (SSSR count). The molecule has 3 aromatic carbocycles. The van der Waals surface area contributed by atoms with Crippen molar-refractivity contribution < 1.29 is 14.3 Å². The van der Waals surface area contributed by atoms with Crippen molar-refractivity contribution in [2.45, 2.75) is 19.4 Å². The number of hydrogen-bond donors (Lipinski definition) is 0. The van der Waals surface area contributed by atoms with Crippen LogP contribution in [0.3, 0.4) is 0 Å². The molecule has 0 N–H and O–H groups in total. The van der Waals surface area contributed by atoms with Gasteiger partial charge in [-0.15, -0.1) is 0 Å². The number of benzene rings is 3. The Morgan fingerprint density at radius 1 is 1.03 bits per heavy atom. The first kappa shape index (κ1) is 19.7. The molecule has 0 radical (unpaired) electrons. The van der Waals surface area contributed by atoms with Crippen LogP contribution in [-0.4, -0.2) is 22.6 Å². The lowest BCUT2D eigenvalue weighted by atomic mass is 9.79. The minimum atomic E-state index is -0.753. The first-order valence-electron chi connectivity index (χ1n) is 9.86. The van der Waals surface area contributed by atoms with Crippen molar-refractivity contribution in [3.63, 3.8) is 0 Å². The summed E-state index contributed by atoms with van der Waals surface area (Å²) in [6, 6.07) is 21.9. The Bertz CT molecular complexity index is 1170. The van der Waals surface area contributed by atoms with Gasteiger partial charge in [-0.2, -0.15) is 0 Å². The fourth-order valence-electron chi connectivity index (χ4n) is 3.87. The predicted octanol–water partition coefficient (Wildman–Crippen LogP) is 5.40. The van der Waals surface area contributed by atoms with Gasteiger partial charge < -0.3 is 14.0 Å². The fraction of sp³-hybridized carbons (Fsp3) is 0.200. The summed E-state index contributed by atoms with van der Waals surface area (Å²) in [4.78, 5) is 16.7. The van der Waals surface area contributed by atoms with Crippen molar-refractivity contribution in [2.75, 3.05) is 7.11 Å². The lowest BCUT2D eigenvalue weighted by molar-refractivity contribution is -0.147. The zero-order chi connectivity index (χ0) is 21.1. The Balaban J connectivity index is 1.80. The molecule has 0 amide bonds. The Kier molecular flexibility index (Phi) is 5.27. The van der Waals surface area contributed by atoms with Crippen LogP contribution in [0.15, 0.2) is 85.5 Å². The van der Waals surface area contributed by atoms with Crippen molar-refractivity contribution in [1.29, 1.82) is 0 Å². The van der Waals surface area contributed by atoms with E-state index < -0.39 is 11.5 Å². The maximum Gasteiger partial charge on any atom is 0.311 e. The van der Waals surface area contributed by atoms with Crippen molar-refractivity contribution in [3.05, 3.63) is 91.0 Å². The van der Waals surface area contributed by atoms with E-state index in [4.69, 9.17) is 9.47 Å². The molecule has 1 aromatic heterocycles. The van der Waals surface area contributed by atoms with Crippen LogP contribution < -0.4 is 4.74 Å². The molecule has 4 aromatic rings. The average molecular weight is 400 g/mol. The number of rotatable bonds is 6. The fourth-order valence-corrected chi connectivity index (χ4v) is 3.87. The molecule has 1 heterocycles. The zero-order valence-corrected chi connectivity index (χ0v) is 17.3. The number of esters is 1. The number of ether oxygens (including phenoxy) is 2. The number of methoxy groups -OCH3 is 1. The topological polar surface area (TPSA) is 53.4 Å². The summed E-state index contributed by atoms with van der Waals surface area (Å²) < 4.78 is 13.3. The lowest BCUT2D eigenvalue weighted by Gasteiger charge is -2.37. The van der Waals surface area contributed by atoms with Crippen molar-refractivity contribution >= 4 is 16.7 Å². The summed E-state index contributed by atoms with van der Waals surface area (Å²) in [6.07, 6.45) is 5.27. The van der Waals surface area contributed by atoms with Gasteiger partial charge in [-0.25, -0.2) is 4.98 Å². The minimum Gasteiger partial charge on any atom is -0.469 e. The number of carbonyl (C=O) groups excluding carboxylic acids is 1. The van der Waals surface area contributed by atoms with Crippen LogP contribution in [0.2, 0.25) is 0 Å². The molecule has 2 unspecified atom stereocenters. The molecule has 0 aliphatic carbocycles. The largest absolute Gasteiger partial charge is 0.469 e. The first-order chi connectivity index (χ1) is 14.5. The van der Waals surface area contributed by atoms with Gasteiger partial charge in [0.15, 0.2) is 0 Å². The van der Waals surface area contributed by atoms with Crippen LogP contribution in [0.4, 0.5) is 0 Å². The van der Waals surface area contributed by atoms with Crippen LogP contribution in [0.5, 0.6) is 11.5 Å². The molecule has 152 valence electrons. The first-order valence-corrected chi connectivity index (χ1v) is 9.86. The van der Waals surface area contributed by atoms with Gasteiger partial charge in [0, 0.05) is 18.0 Å². The normalized spacial score (nSPS) is 14.1. The van der Waals surface area contributed by atoms with Crippen LogP contribution in [-0.2, 0) is 15.1 Å². The third-order valence-corrected chi connectivity index (χ3v) is 5.82. The summed E-state index contributed by atoms with van der Waals surface area (Å²) in [5.74, 6) is 0.643. The molecule has 30 heavy (non-hydrogen) atoms. The van der Waals surface area contributed by atoms with E-state index in [1.807, 2.05) is 79.2 Å². The monoisotopic (exact) mass is 400 g/mol. The van der Waals surface area contributed by atoms with E-state index in [9.17, 15) is 4.79 Å². The molecular weight excluding hydrogens is 376 g/mol. The van der Waals surface area contributed by atoms with Crippen molar-refractivity contribution in [2.24, 2.45) is 5.92 Å². The van der Waals surface area contributed by atoms with Gasteiger partial charge in [0.05, 0.1) is 24.9 Å². The van der Waals surface area contributed by atoms with Crippen molar-refractivity contribution in [3.8, 4) is 11.5 Å². The predicted molar refractivity (Wildman–Crippen MR) is 117 cm³/mol. The van der Waals surface area contributed by atoms with Crippen LogP contribution in [0, 0.1) is 5.92 Å². The third-order valence-electron chi connectivity index (χ3n) is 5.82. The number of imidazole rings is 1. The molecule has 0 bridgehead atoms. The quantitative estimate of drug-likeness (QED) is 0.407. The second-order valence-electron chi connectivity index (χ2n) is 7.47. The second-order valence-corrected chi connectivity index (χ2v) is 7.47. The highest BCUT2D eigenvalue weighted by Crippen LogP contribution is 2.41.